The van der Waals surface area contributed by atoms with Crippen LogP contribution in [0.5, 0.6) is 0 Å². The van der Waals surface area contributed by atoms with Gasteiger partial charge in [0.15, 0.2) is 5.11 Å². The normalized spacial score (nSPS) is 16.6. The summed E-state index contributed by atoms with van der Waals surface area (Å²) in [6.45, 7) is 5.71. The molecular formula is C15H20N2O3S2. The number of hydrogen-bond acceptors (Lipinski definition) is 5. The number of ether oxygens (including phenoxy) is 1. The van der Waals surface area contributed by atoms with Crippen molar-refractivity contribution in [1.82, 2.24) is 5.32 Å². The summed E-state index contributed by atoms with van der Waals surface area (Å²) in [4.78, 5) is 24.6. The molecule has 0 bridgehead atoms. The number of nitrogens with one attached hydrogen (secondary N) is 2. The Morgan fingerprint density at radius 1 is 1.45 bits per heavy atom. The van der Waals surface area contributed by atoms with Crippen LogP contribution in [-0.4, -0.2) is 23.6 Å². The first-order valence-corrected chi connectivity index (χ1v) is 8.55. The monoisotopic (exact) mass is 340 g/mol. The molecule has 0 saturated carbocycles. The van der Waals surface area contributed by atoms with E-state index in [4.69, 9.17) is 17.0 Å². The number of carbonyl (C=O) groups is 2. The molecule has 1 atom stereocenters. The van der Waals surface area contributed by atoms with Crippen molar-refractivity contribution in [3.05, 3.63) is 16.0 Å². The summed E-state index contributed by atoms with van der Waals surface area (Å²) in [5.41, 5.74) is 1.64. The molecule has 0 aromatic carbocycles. The maximum atomic E-state index is 12.3. The Bertz CT molecular complexity index is 610. The average molecular weight is 340 g/mol. The molecule has 0 saturated heterocycles. The summed E-state index contributed by atoms with van der Waals surface area (Å²) in [7, 11) is 0. The van der Waals surface area contributed by atoms with Gasteiger partial charge in [0, 0.05) is 11.8 Å². The second kappa shape index (κ2) is 7.19. The maximum Gasteiger partial charge on any atom is 0.341 e. The van der Waals surface area contributed by atoms with Crippen molar-refractivity contribution >= 4 is 45.5 Å². The quantitative estimate of drug-likeness (QED) is 0.654. The zero-order valence-corrected chi connectivity index (χ0v) is 14.6. The van der Waals surface area contributed by atoms with Crippen LogP contribution < -0.4 is 10.6 Å². The molecule has 0 fully saturated rings. The van der Waals surface area contributed by atoms with Crippen molar-refractivity contribution in [2.75, 3.05) is 11.9 Å². The number of thiophene rings is 1. The van der Waals surface area contributed by atoms with Gasteiger partial charge in [-0.25, -0.2) is 4.79 Å². The predicted octanol–water partition coefficient (Wildman–Crippen LogP) is 2.88. The Morgan fingerprint density at radius 3 is 2.82 bits per heavy atom. The Hall–Kier alpha value is -1.47. The lowest BCUT2D eigenvalue weighted by Gasteiger charge is -2.18. The van der Waals surface area contributed by atoms with E-state index in [2.05, 4.69) is 17.6 Å². The SMILES string of the molecule is CCOC(=O)c1c(NC(=S)NC(C)=O)sc2c1CC[C@H](C)C2. The van der Waals surface area contributed by atoms with Crippen LogP contribution in [0.15, 0.2) is 0 Å². The lowest BCUT2D eigenvalue weighted by Crippen LogP contribution is -2.32. The first kappa shape index (κ1) is 16.9. The van der Waals surface area contributed by atoms with E-state index >= 15 is 0 Å². The molecule has 1 amide bonds. The third-order valence-corrected chi connectivity index (χ3v) is 4.88. The van der Waals surface area contributed by atoms with E-state index in [1.54, 1.807) is 6.92 Å². The van der Waals surface area contributed by atoms with Gasteiger partial charge in [0.2, 0.25) is 5.91 Å². The van der Waals surface area contributed by atoms with Gasteiger partial charge in [-0.15, -0.1) is 11.3 Å². The Balaban J connectivity index is 2.33. The summed E-state index contributed by atoms with van der Waals surface area (Å²) in [6.07, 6.45) is 2.89. The number of hydrogen-bond donors (Lipinski definition) is 2. The van der Waals surface area contributed by atoms with Gasteiger partial charge in [-0.1, -0.05) is 6.92 Å². The second-order valence-corrected chi connectivity index (χ2v) is 6.93. The first-order valence-electron chi connectivity index (χ1n) is 7.32. The van der Waals surface area contributed by atoms with Crippen LogP contribution in [0, 0.1) is 5.92 Å². The molecular weight excluding hydrogens is 320 g/mol. The van der Waals surface area contributed by atoms with Crippen molar-refractivity contribution in [3.8, 4) is 0 Å². The van der Waals surface area contributed by atoms with E-state index < -0.39 is 0 Å². The van der Waals surface area contributed by atoms with Crippen LogP contribution >= 0.6 is 23.6 Å². The first-order chi connectivity index (χ1) is 10.4. The minimum atomic E-state index is -0.331. The smallest absolute Gasteiger partial charge is 0.341 e. The highest BCUT2D eigenvalue weighted by Gasteiger charge is 2.28. The molecule has 1 aliphatic rings. The van der Waals surface area contributed by atoms with Crippen molar-refractivity contribution in [1.29, 1.82) is 0 Å². The van der Waals surface area contributed by atoms with E-state index in [-0.39, 0.29) is 17.0 Å². The lowest BCUT2D eigenvalue weighted by atomic mass is 9.88. The third kappa shape index (κ3) is 3.84. The molecule has 0 radical (unpaired) electrons. The molecule has 120 valence electrons. The summed E-state index contributed by atoms with van der Waals surface area (Å²) in [6, 6.07) is 0. The number of esters is 1. The van der Waals surface area contributed by atoms with Gasteiger partial charge in [0.1, 0.15) is 5.00 Å². The van der Waals surface area contributed by atoms with Gasteiger partial charge in [-0.3, -0.25) is 4.79 Å². The minimum Gasteiger partial charge on any atom is -0.462 e. The van der Waals surface area contributed by atoms with Crippen LogP contribution in [0.4, 0.5) is 5.00 Å². The molecule has 1 aromatic rings. The van der Waals surface area contributed by atoms with Gasteiger partial charge in [0.05, 0.1) is 12.2 Å². The van der Waals surface area contributed by atoms with Crippen molar-refractivity contribution < 1.29 is 14.3 Å². The van der Waals surface area contributed by atoms with Gasteiger partial charge in [0.25, 0.3) is 0 Å². The molecule has 2 N–H and O–H groups in total. The molecule has 0 spiro atoms. The summed E-state index contributed by atoms with van der Waals surface area (Å²) in [5, 5.41) is 6.35. The Morgan fingerprint density at radius 2 is 2.18 bits per heavy atom. The summed E-state index contributed by atoms with van der Waals surface area (Å²) >= 11 is 6.62. The standard InChI is InChI=1S/C15H20N2O3S2/c1-4-20-14(19)12-10-6-5-8(2)7-11(10)22-13(12)17-15(21)16-9(3)18/h8H,4-7H2,1-3H3,(H2,16,17,18,21)/t8-/m0/s1. The fourth-order valence-electron chi connectivity index (χ4n) is 2.55. The van der Waals surface area contributed by atoms with E-state index in [0.717, 1.165) is 24.8 Å². The van der Waals surface area contributed by atoms with Crippen LogP contribution in [-0.2, 0) is 22.4 Å². The highest BCUT2D eigenvalue weighted by atomic mass is 32.1. The maximum absolute atomic E-state index is 12.3. The zero-order valence-electron chi connectivity index (χ0n) is 12.9. The number of carbonyl (C=O) groups excluding carboxylic acids is 2. The van der Waals surface area contributed by atoms with E-state index in [9.17, 15) is 9.59 Å². The van der Waals surface area contributed by atoms with Gasteiger partial charge in [-0.2, -0.15) is 0 Å². The molecule has 0 aliphatic heterocycles. The van der Waals surface area contributed by atoms with Crippen LogP contribution in [0.2, 0.25) is 0 Å². The van der Waals surface area contributed by atoms with Gasteiger partial charge in [-0.05, 0) is 49.9 Å². The highest BCUT2D eigenvalue weighted by Crippen LogP contribution is 2.40. The third-order valence-electron chi connectivity index (χ3n) is 3.51. The van der Waals surface area contributed by atoms with Crippen molar-refractivity contribution in [2.45, 2.75) is 40.0 Å². The van der Waals surface area contributed by atoms with Crippen LogP contribution in [0.1, 0.15) is 48.0 Å². The molecule has 2 rings (SSSR count). The summed E-state index contributed by atoms with van der Waals surface area (Å²) in [5.74, 6) is 0.0316. The molecule has 0 unspecified atom stereocenters. The number of anilines is 1. The van der Waals surface area contributed by atoms with E-state index in [1.807, 2.05) is 0 Å². The topological polar surface area (TPSA) is 67.4 Å². The molecule has 1 heterocycles. The van der Waals surface area contributed by atoms with Crippen molar-refractivity contribution in [2.24, 2.45) is 5.92 Å². The van der Waals surface area contributed by atoms with E-state index in [1.165, 1.54) is 23.1 Å². The Kier molecular flexibility index (Phi) is 5.52. The second-order valence-electron chi connectivity index (χ2n) is 5.41. The van der Waals surface area contributed by atoms with Gasteiger partial charge < -0.3 is 15.4 Å². The average Bonchev–Trinajstić information content (AvgIpc) is 2.74. The Labute approximate surface area is 139 Å². The molecule has 1 aromatic heterocycles. The molecule has 1 aliphatic carbocycles. The zero-order chi connectivity index (χ0) is 16.3. The van der Waals surface area contributed by atoms with Crippen molar-refractivity contribution in [3.63, 3.8) is 0 Å². The molecule has 22 heavy (non-hydrogen) atoms. The summed E-state index contributed by atoms with van der Waals surface area (Å²) < 4.78 is 5.18. The fraction of sp³-hybridized carbons (Fsp3) is 0.533. The minimum absolute atomic E-state index is 0.199. The number of amides is 1. The highest BCUT2D eigenvalue weighted by molar-refractivity contribution is 7.80. The van der Waals surface area contributed by atoms with Crippen LogP contribution in [0.25, 0.3) is 0 Å². The number of fused-ring (bicyclic) bond motifs is 1. The predicted molar refractivity (Wildman–Crippen MR) is 91.5 cm³/mol. The largest absolute Gasteiger partial charge is 0.462 e. The molecule has 5 nitrogen and oxygen atoms in total. The lowest BCUT2D eigenvalue weighted by molar-refractivity contribution is -0.117. The van der Waals surface area contributed by atoms with E-state index in [0.29, 0.717) is 23.1 Å². The fourth-order valence-corrected chi connectivity index (χ4v) is 4.27. The van der Waals surface area contributed by atoms with Crippen LogP contribution in [0.3, 0.4) is 0 Å². The number of thiocarbonyl (C=S) groups is 1. The molecule has 7 heteroatoms. The van der Waals surface area contributed by atoms with Gasteiger partial charge >= 0.3 is 5.97 Å². The number of rotatable bonds is 3.